The molecule has 0 unspecified atom stereocenters. The fourth-order valence-corrected chi connectivity index (χ4v) is 5.98. The van der Waals surface area contributed by atoms with Crippen molar-refractivity contribution in [2.75, 3.05) is 23.7 Å². The SMILES string of the molecule is CC(C)CNc1nc2ccccc2n2c(-c3ccc(C(N)=O)cc3)cnc12.CC(C)CNc1nc2ccccc2n2c(-c3cccnc3F)cnc12. The zero-order valence-corrected chi connectivity index (χ0v) is 29.4. The number of pyridine rings is 1. The summed E-state index contributed by atoms with van der Waals surface area (Å²) in [6.07, 6.45) is 4.95. The Kier molecular flexibility index (Phi) is 9.45. The smallest absolute Gasteiger partial charge is 0.248 e. The normalized spacial score (nSPS) is 11.4. The number of nitrogens with zero attached hydrogens (tertiary/aromatic N) is 7. The van der Waals surface area contributed by atoms with Gasteiger partial charge in [0.2, 0.25) is 11.9 Å². The number of aromatic nitrogens is 7. The van der Waals surface area contributed by atoms with E-state index in [-0.39, 0.29) is 0 Å². The van der Waals surface area contributed by atoms with Gasteiger partial charge in [-0.3, -0.25) is 13.6 Å². The summed E-state index contributed by atoms with van der Waals surface area (Å²) >= 11 is 0. The highest BCUT2D eigenvalue weighted by Crippen LogP contribution is 2.30. The van der Waals surface area contributed by atoms with E-state index in [1.54, 1.807) is 30.5 Å². The Bertz CT molecular complexity index is 2540. The number of hydrogen-bond acceptors (Lipinski definition) is 8. The number of nitrogens with one attached hydrogen (secondary N) is 2. The first-order valence-corrected chi connectivity index (χ1v) is 17.2. The van der Waals surface area contributed by atoms with Crippen molar-refractivity contribution in [1.29, 1.82) is 0 Å². The van der Waals surface area contributed by atoms with E-state index in [0.717, 1.165) is 57.9 Å². The Morgan fingerprint density at radius 3 is 1.73 bits per heavy atom. The number of primary amides is 1. The van der Waals surface area contributed by atoms with Gasteiger partial charge in [0.15, 0.2) is 22.9 Å². The van der Waals surface area contributed by atoms with Crippen molar-refractivity contribution < 1.29 is 9.18 Å². The van der Waals surface area contributed by atoms with Crippen LogP contribution in [0, 0.1) is 17.8 Å². The number of anilines is 2. The first-order chi connectivity index (χ1) is 25.2. The zero-order valence-electron chi connectivity index (χ0n) is 29.4. The van der Waals surface area contributed by atoms with E-state index >= 15 is 0 Å². The maximum Gasteiger partial charge on any atom is 0.248 e. The summed E-state index contributed by atoms with van der Waals surface area (Å²) in [6, 6.07) is 26.5. The zero-order chi connectivity index (χ0) is 36.4. The molecule has 5 aromatic heterocycles. The number of carbonyl (C=O) groups is 1. The summed E-state index contributed by atoms with van der Waals surface area (Å²) in [7, 11) is 0. The molecule has 4 N–H and O–H groups in total. The van der Waals surface area contributed by atoms with E-state index in [9.17, 15) is 9.18 Å². The van der Waals surface area contributed by atoms with Gasteiger partial charge in [-0.1, -0.05) is 64.1 Å². The van der Waals surface area contributed by atoms with E-state index in [4.69, 9.17) is 15.7 Å². The summed E-state index contributed by atoms with van der Waals surface area (Å²) in [6.45, 7) is 10.2. The molecule has 8 aromatic rings. The number of rotatable bonds is 9. The molecule has 0 saturated heterocycles. The number of carbonyl (C=O) groups excluding carboxylic acids is 1. The number of nitrogens with two attached hydrogens (primary N) is 1. The number of benzene rings is 3. The molecule has 0 saturated carbocycles. The molecule has 0 spiro atoms. The minimum absolute atomic E-state index is 0.418. The molecule has 3 aromatic carbocycles. The van der Waals surface area contributed by atoms with Gasteiger partial charge >= 0.3 is 0 Å². The molecule has 262 valence electrons. The fourth-order valence-electron chi connectivity index (χ4n) is 5.98. The van der Waals surface area contributed by atoms with Crippen LogP contribution >= 0.6 is 0 Å². The molecule has 0 radical (unpaired) electrons. The van der Waals surface area contributed by atoms with Gasteiger partial charge in [-0.2, -0.15) is 4.39 Å². The number of fused-ring (bicyclic) bond motifs is 6. The lowest BCUT2D eigenvalue weighted by molar-refractivity contribution is 0.100. The van der Waals surface area contributed by atoms with Gasteiger partial charge in [0.25, 0.3) is 0 Å². The van der Waals surface area contributed by atoms with Crippen LogP contribution < -0.4 is 16.4 Å². The molecule has 5 heterocycles. The second kappa shape index (κ2) is 14.4. The third-order valence-electron chi connectivity index (χ3n) is 8.51. The topological polar surface area (TPSA) is 140 Å². The van der Waals surface area contributed by atoms with Gasteiger partial charge in [0.05, 0.1) is 51.4 Å². The first-order valence-electron chi connectivity index (χ1n) is 17.2. The third-order valence-corrected chi connectivity index (χ3v) is 8.51. The minimum Gasteiger partial charge on any atom is -0.367 e. The van der Waals surface area contributed by atoms with Crippen molar-refractivity contribution in [3.63, 3.8) is 0 Å². The minimum atomic E-state index is -0.512. The second-order valence-corrected chi connectivity index (χ2v) is 13.3. The van der Waals surface area contributed by atoms with Crippen LogP contribution in [-0.2, 0) is 0 Å². The van der Waals surface area contributed by atoms with Crippen molar-refractivity contribution in [3.05, 3.63) is 115 Å². The van der Waals surface area contributed by atoms with E-state index in [1.165, 1.54) is 6.20 Å². The summed E-state index contributed by atoms with van der Waals surface area (Å²) in [5.41, 5.74) is 13.8. The van der Waals surface area contributed by atoms with Crippen LogP contribution in [0.4, 0.5) is 16.0 Å². The van der Waals surface area contributed by atoms with Crippen LogP contribution in [0.2, 0.25) is 0 Å². The molecule has 52 heavy (non-hydrogen) atoms. The number of hydrogen-bond donors (Lipinski definition) is 3. The lowest BCUT2D eigenvalue weighted by atomic mass is 10.1. The van der Waals surface area contributed by atoms with Gasteiger partial charge in [0.1, 0.15) is 0 Å². The Hall–Kier alpha value is -6.43. The molecular formula is C40H39FN10O. The average Bonchev–Trinajstić information content (AvgIpc) is 3.80. The van der Waals surface area contributed by atoms with Gasteiger partial charge in [-0.15, -0.1) is 0 Å². The summed E-state index contributed by atoms with van der Waals surface area (Å²) in [4.78, 5) is 33.7. The predicted molar refractivity (Wildman–Crippen MR) is 205 cm³/mol. The molecule has 0 aliphatic rings. The maximum atomic E-state index is 14.3. The van der Waals surface area contributed by atoms with E-state index < -0.39 is 11.9 Å². The van der Waals surface area contributed by atoms with E-state index in [0.29, 0.717) is 40.1 Å². The highest BCUT2D eigenvalue weighted by molar-refractivity contribution is 5.93. The van der Waals surface area contributed by atoms with Crippen LogP contribution in [0.1, 0.15) is 38.1 Å². The van der Waals surface area contributed by atoms with Crippen LogP contribution in [0.25, 0.3) is 55.9 Å². The molecule has 8 rings (SSSR count). The second-order valence-electron chi connectivity index (χ2n) is 13.3. The number of halogens is 1. The van der Waals surface area contributed by atoms with Crippen molar-refractivity contribution in [2.24, 2.45) is 17.6 Å². The van der Waals surface area contributed by atoms with Crippen molar-refractivity contribution >= 4 is 50.9 Å². The highest BCUT2D eigenvalue weighted by Gasteiger charge is 2.18. The summed E-state index contributed by atoms with van der Waals surface area (Å²) in [5, 5.41) is 6.77. The molecule has 11 nitrogen and oxygen atoms in total. The largest absolute Gasteiger partial charge is 0.367 e. The van der Waals surface area contributed by atoms with Gasteiger partial charge in [-0.25, -0.2) is 24.9 Å². The average molecular weight is 695 g/mol. The Morgan fingerprint density at radius 1 is 0.692 bits per heavy atom. The van der Waals surface area contributed by atoms with Crippen LogP contribution in [0.15, 0.2) is 104 Å². The van der Waals surface area contributed by atoms with Crippen LogP contribution in [0.5, 0.6) is 0 Å². The molecule has 0 fully saturated rings. The van der Waals surface area contributed by atoms with Crippen molar-refractivity contribution in [2.45, 2.75) is 27.7 Å². The summed E-state index contributed by atoms with van der Waals surface area (Å²) < 4.78 is 18.3. The standard InChI is InChI=1S/C21H21N5O.C19H18FN5/c1-13(2)11-23-20-21-24-12-18(14-7-9-15(10-8-14)19(22)27)26(21)17-6-4-3-5-16(17)25-20;1-12(2)10-22-18-19-23-11-16(13-6-5-9-21-17(13)20)25(19)15-8-4-3-7-14(15)24-18/h3-10,12-13H,11H2,1-2H3,(H2,22,27)(H,23,25);3-9,11-12H,10H2,1-2H3,(H,22,24). The predicted octanol–water partition coefficient (Wildman–Crippen LogP) is 7.87. The monoisotopic (exact) mass is 694 g/mol. The third kappa shape index (κ3) is 6.70. The molecule has 0 atom stereocenters. The Morgan fingerprint density at radius 2 is 1.21 bits per heavy atom. The highest BCUT2D eigenvalue weighted by atomic mass is 19.1. The lowest BCUT2D eigenvalue weighted by Gasteiger charge is -2.12. The van der Waals surface area contributed by atoms with Crippen LogP contribution in [-0.4, -0.2) is 52.7 Å². The van der Waals surface area contributed by atoms with Gasteiger partial charge in [-0.05, 0) is 60.4 Å². The fraction of sp³-hybridized carbons (Fsp3) is 0.200. The summed E-state index contributed by atoms with van der Waals surface area (Å²) in [5.74, 6) is 1.48. The molecule has 12 heteroatoms. The molecule has 0 aliphatic heterocycles. The Labute approximate surface area is 299 Å². The van der Waals surface area contributed by atoms with E-state index in [2.05, 4.69) is 57.7 Å². The Balaban J connectivity index is 0.000000162. The maximum absolute atomic E-state index is 14.3. The molecule has 0 bridgehead atoms. The molecular weight excluding hydrogens is 656 g/mol. The quantitative estimate of drug-likeness (QED) is 0.130. The number of imidazole rings is 2. The van der Waals surface area contributed by atoms with Gasteiger partial charge in [0, 0.05) is 30.4 Å². The number of amides is 1. The van der Waals surface area contributed by atoms with E-state index in [1.807, 2.05) is 71.3 Å². The van der Waals surface area contributed by atoms with Crippen molar-refractivity contribution in [3.8, 4) is 22.5 Å². The van der Waals surface area contributed by atoms with Gasteiger partial charge < -0.3 is 16.4 Å². The number of para-hydroxylation sites is 4. The first kappa shape index (κ1) is 34.0. The van der Waals surface area contributed by atoms with Crippen molar-refractivity contribution in [1.82, 2.24) is 33.7 Å². The lowest BCUT2D eigenvalue weighted by Crippen LogP contribution is -2.11. The molecule has 1 amide bonds. The molecule has 0 aliphatic carbocycles. The van der Waals surface area contributed by atoms with Crippen LogP contribution in [0.3, 0.4) is 0 Å².